The van der Waals surface area contributed by atoms with Gasteiger partial charge < -0.3 is 10.6 Å². The molecule has 0 unspecified atom stereocenters. The Hall–Kier alpha value is -2.90. The van der Waals surface area contributed by atoms with E-state index in [-0.39, 0.29) is 10.8 Å². The van der Waals surface area contributed by atoms with Gasteiger partial charge in [0, 0.05) is 26.9 Å². The van der Waals surface area contributed by atoms with Crippen LogP contribution in [-0.4, -0.2) is 35.1 Å². The first kappa shape index (κ1) is 20.8. The first-order valence-corrected chi connectivity index (χ1v) is 9.38. The van der Waals surface area contributed by atoms with E-state index in [2.05, 4.69) is 10.6 Å². The number of Topliss-reactive ketones (excluding diaryl/α,β-unsaturated/α-hetero) is 1. The van der Waals surface area contributed by atoms with Gasteiger partial charge >= 0.3 is 6.03 Å². The van der Waals surface area contributed by atoms with Crippen LogP contribution in [0.4, 0.5) is 10.5 Å². The molecule has 0 bridgehead atoms. The van der Waals surface area contributed by atoms with Crippen LogP contribution < -0.4 is 10.6 Å². The lowest BCUT2D eigenvalue weighted by Crippen LogP contribution is -2.42. The van der Waals surface area contributed by atoms with E-state index in [0.29, 0.717) is 21.8 Å². The van der Waals surface area contributed by atoms with Gasteiger partial charge in [-0.25, -0.2) is 4.79 Å². The molecule has 0 aromatic heterocycles. The van der Waals surface area contributed by atoms with Crippen LogP contribution in [0, 0.1) is 0 Å². The van der Waals surface area contributed by atoms with Crippen molar-refractivity contribution < 1.29 is 19.2 Å². The number of amides is 4. The fourth-order valence-electron chi connectivity index (χ4n) is 3.05. The van der Waals surface area contributed by atoms with Crippen LogP contribution in [0.5, 0.6) is 0 Å². The largest absolute Gasteiger partial charge is 0.325 e. The van der Waals surface area contributed by atoms with Gasteiger partial charge in [0.1, 0.15) is 12.1 Å². The highest BCUT2D eigenvalue weighted by atomic mass is 35.5. The molecule has 2 aromatic carbocycles. The summed E-state index contributed by atoms with van der Waals surface area (Å²) in [5.41, 5.74) is -0.0877. The molecule has 29 heavy (non-hydrogen) atoms. The highest BCUT2D eigenvalue weighted by molar-refractivity contribution is 6.35. The van der Waals surface area contributed by atoms with Crippen molar-refractivity contribution in [1.82, 2.24) is 10.2 Å². The third-order valence-corrected chi connectivity index (χ3v) is 5.17. The Bertz CT molecular complexity index is 1020. The van der Waals surface area contributed by atoms with Gasteiger partial charge in [-0.2, -0.15) is 0 Å². The second-order valence-electron chi connectivity index (χ2n) is 6.75. The molecule has 0 spiro atoms. The highest BCUT2D eigenvalue weighted by Gasteiger charge is 2.50. The van der Waals surface area contributed by atoms with Crippen LogP contribution in [0.2, 0.25) is 10.0 Å². The van der Waals surface area contributed by atoms with E-state index in [0.717, 1.165) is 4.90 Å². The normalized spacial score (nSPS) is 18.6. The van der Waals surface area contributed by atoms with Gasteiger partial charge in [0.05, 0.1) is 0 Å². The average Bonchev–Trinajstić information content (AvgIpc) is 2.85. The number of halogens is 2. The lowest BCUT2D eigenvalue weighted by atomic mass is 9.92. The monoisotopic (exact) mass is 433 g/mol. The van der Waals surface area contributed by atoms with E-state index in [1.165, 1.54) is 19.9 Å². The van der Waals surface area contributed by atoms with Gasteiger partial charge in [-0.1, -0.05) is 29.3 Å². The lowest BCUT2D eigenvalue weighted by Gasteiger charge is -2.23. The summed E-state index contributed by atoms with van der Waals surface area (Å²) < 4.78 is 0. The number of urea groups is 1. The maximum atomic E-state index is 12.9. The van der Waals surface area contributed by atoms with Crippen LogP contribution in [-0.2, 0) is 15.1 Å². The molecule has 1 aliphatic rings. The lowest BCUT2D eigenvalue weighted by molar-refractivity contribution is -0.133. The second-order valence-corrected chi connectivity index (χ2v) is 7.60. The van der Waals surface area contributed by atoms with Gasteiger partial charge in [0.2, 0.25) is 5.91 Å². The number of nitrogens with one attached hydrogen (secondary N) is 2. The number of benzene rings is 2. The topological polar surface area (TPSA) is 95.6 Å². The zero-order valence-corrected chi connectivity index (χ0v) is 17.1. The minimum Gasteiger partial charge on any atom is -0.325 e. The van der Waals surface area contributed by atoms with Crippen molar-refractivity contribution >= 4 is 52.5 Å². The fraction of sp³-hybridized carbons (Fsp3) is 0.200. The van der Waals surface area contributed by atoms with Crippen molar-refractivity contribution in [3.8, 4) is 0 Å². The molecular weight excluding hydrogens is 417 g/mol. The molecular formula is C20H17Cl2N3O4. The number of rotatable bonds is 5. The van der Waals surface area contributed by atoms with Crippen molar-refractivity contribution in [2.24, 2.45) is 0 Å². The van der Waals surface area contributed by atoms with Crippen LogP contribution >= 0.6 is 23.2 Å². The highest BCUT2D eigenvalue weighted by Crippen LogP contribution is 2.34. The van der Waals surface area contributed by atoms with Gasteiger partial charge in [-0.15, -0.1) is 0 Å². The number of carbonyl (C=O) groups excluding carboxylic acids is 4. The summed E-state index contributed by atoms with van der Waals surface area (Å²) in [7, 11) is 0. The molecule has 150 valence electrons. The van der Waals surface area contributed by atoms with E-state index in [1.54, 1.807) is 36.4 Å². The Morgan fingerprint density at radius 3 is 2.34 bits per heavy atom. The van der Waals surface area contributed by atoms with Crippen molar-refractivity contribution in [2.75, 3.05) is 11.9 Å². The van der Waals surface area contributed by atoms with Crippen LogP contribution in [0.3, 0.4) is 0 Å². The molecule has 4 amide bonds. The quantitative estimate of drug-likeness (QED) is 0.555. The Balaban J connectivity index is 1.74. The molecule has 1 heterocycles. The van der Waals surface area contributed by atoms with Crippen molar-refractivity contribution in [3.05, 3.63) is 63.6 Å². The molecule has 0 saturated carbocycles. The smallest absolute Gasteiger partial charge is 0.325 e. The maximum absolute atomic E-state index is 12.9. The Kier molecular flexibility index (Phi) is 5.64. The van der Waals surface area contributed by atoms with Gasteiger partial charge in [0.25, 0.3) is 5.91 Å². The first-order chi connectivity index (χ1) is 13.6. The molecule has 2 aromatic rings. The zero-order valence-electron chi connectivity index (χ0n) is 15.6. The van der Waals surface area contributed by atoms with Gasteiger partial charge in [0.15, 0.2) is 5.78 Å². The van der Waals surface area contributed by atoms with Crippen LogP contribution in [0.25, 0.3) is 0 Å². The summed E-state index contributed by atoms with van der Waals surface area (Å²) in [6.45, 7) is 2.48. The Labute approximate surface area is 177 Å². The number of imide groups is 1. The molecule has 2 N–H and O–H groups in total. The summed E-state index contributed by atoms with van der Waals surface area (Å²) in [5, 5.41) is 5.80. The summed E-state index contributed by atoms with van der Waals surface area (Å²) in [6.07, 6.45) is 0. The summed E-state index contributed by atoms with van der Waals surface area (Å²) >= 11 is 12.1. The summed E-state index contributed by atoms with van der Waals surface area (Å²) in [6, 6.07) is 10.2. The van der Waals surface area contributed by atoms with Crippen molar-refractivity contribution in [1.29, 1.82) is 0 Å². The van der Waals surface area contributed by atoms with Crippen molar-refractivity contribution in [2.45, 2.75) is 19.4 Å². The Morgan fingerprint density at radius 2 is 1.76 bits per heavy atom. The minimum absolute atomic E-state index is 0.0950. The van der Waals surface area contributed by atoms with Gasteiger partial charge in [-0.3, -0.25) is 19.3 Å². The zero-order chi connectivity index (χ0) is 21.3. The molecule has 7 nitrogen and oxygen atoms in total. The molecule has 1 saturated heterocycles. The van der Waals surface area contributed by atoms with E-state index >= 15 is 0 Å². The molecule has 1 fully saturated rings. The number of anilines is 1. The third-order valence-electron chi connectivity index (χ3n) is 4.62. The average molecular weight is 434 g/mol. The second kappa shape index (κ2) is 7.85. The third kappa shape index (κ3) is 4.11. The molecule has 0 radical (unpaired) electrons. The number of nitrogens with zero attached hydrogens (tertiary/aromatic N) is 1. The standard InChI is InChI=1S/C20H17Cl2N3O4/c1-11(26)12-3-6-14(7-4-12)23-17(27)10-25-18(28)20(2,24-19(25)29)15-8-5-13(21)9-16(15)22/h3-9H,10H2,1-2H3,(H,23,27)(H,24,29)/t20-/m0/s1. The predicted molar refractivity (Wildman–Crippen MR) is 109 cm³/mol. The number of carbonyl (C=O) groups is 4. The molecule has 1 aliphatic heterocycles. The predicted octanol–water partition coefficient (Wildman–Crippen LogP) is 3.60. The molecule has 9 heteroatoms. The Morgan fingerprint density at radius 1 is 1.10 bits per heavy atom. The minimum atomic E-state index is -1.41. The number of hydrogen-bond acceptors (Lipinski definition) is 4. The molecule has 3 rings (SSSR count). The van der Waals surface area contributed by atoms with E-state index in [9.17, 15) is 19.2 Å². The number of hydrogen-bond donors (Lipinski definition) is 2. The van der Waals surface area contributed by atoms with E-state index in [1.807, 2.05) is 0 Å². The molecule has 1 atom stereocenters. The fourth-order valence-corrected chi connectivity index (χ4v) is 3.65. The number of ketones is 1. The summed E-state index contributed by atoms with van der Waals surface area (Å²) in [5.74, 6) is -1.26. The van der Waals surface area contributed by atoms with Gasteiger partial charge in [-0.05, 0) is 50.2 Å². The first-order valence-electron chi connectivity index (χ1n) is 8.62. The SMILES string of the molecule is CC(=O)c1ccc(NC(=O)CN2C(=O)N[C@@](C)(c3ccc(Cl)cc3Cl)C2=O)cc1. The van der Waals surface area contributed by atoms with Crippen LogP contribution in [0.15, 0.2) is 42.5 Å². The van der Waals surface area contributed by atoms with E-state index in [4.69, 9.17) is 23.2 Å². The summed E-state index contributed by atoms with van der Waals surface area (Å²) in [4.78, 5) is 49.8. The van der Waals surface area contributed by atoms with Crippen LogP contribution in [0.1, 0.15) is 29.8 Å². The maximum Gasteiger partial charge on any atom is 0.325 e. The van der Waals surface area contributed by atoms with Crippen molar-refractivity contribution in [3.63, 3.8) is 0 Å². The molecule has 0 aliphatic carbocycles. The van der Waals surface area contributed by atoms with E-state index < -0.39 is 29.9 Å².